The number of halogens is 3. The summed E-state index contributed by atoms with van der Waals surface area (Å²) in [6, 6.07) is 15.0. The Balaban J connectivity index is 1.49. The van der Waals surface area contributed by atoms with E-state index in [1.54, 1.807) is 42.5 Å². The highest BCUT2D eigenvalue weighted by molar-refractivity contribution is 9.10. The second kappa shape index (κ2) is 11.2. The van der Waals surface area contributed by atoms with Gasteiger partial charge in [-0.25, -0.2) is 9.29 Å². The van der Waals surface area contributed by atoms with Crippen LogP contribution >= 0.6 is 39.3 Å². The number of carbonyl (C=O) groups is 3. The molecule has 1 N–H and O–H groups in total. The van der Waals surface area contributed by atoms with Gasteiger partial charge in [-0.1, -0.05) is 11.6 Å². The highest BCUT2D eigenvalue weighted by Crippen LogP contribution is 2.40. The lowest BCUT2D eigenvalue weighted by atomic mass is 10.1. The molecule has 0 saturated carbocycles. The van der Waals surface area contributed by atoms with Crippen LogP contribution < -0.4 is 19.7 Å². The molecule has 1 aliphatic heterocycles. The molecule has 1 heterocycles. The van der Waals surface area contributed by atoms with Gasteiger partial charge in [0.15, 0.2) is 18.1 Å². The Bertz CT molecular complexity index is 1370. The van der Waals surface area contributed by atoms with Crippen LogP contribution in [0.5, 0.6) is 11.5 Å². The highest BCUT2D eigenvalue weighted by atomic mass is 79.9. The Morgan fingerprint density at radius 1 is 1.14 bits per heavy atom. The molecule has 3 aromatic carbocycles. The number of anilines is 2. The zero-order valence-electron chi connectivity index (χ0n) is 18.6. The summed E-state index contributed by atoms with van der Waals surface area (Å²) in [5, 5.41) is 2.67. The van der Waals surface area contributed by atoms with Crippen molar-refractivity contribution in [2.45, 2.75) is 0 Å². The van der Waals surface area contributed by atoms with E-state index in [2.05, 4.69) is 21.2 Å². The Morgan fingerprint density at radius 3 is 2.50 bits per heavy atom. The van der Waals surface area contributed by atoms with Crippen LogP contribution in [0.15, 0.2) is 70.0 Å². The lowest BCUT2D eigenvalue weighted by molar-refractivity contribution is -0.118. The van der Waals surface area contributed by atoms with Crippen molar-refractivity contribution in [3.8, 4) is 11.5 Å². The van der Waals surface area contributed by atoms with E-state index in [1.165, 1.54) is 31.4 Å². The fraction of sp³-hybridized carbons (Fsp3) is 0.0800. The lowest BCUT2D eigenvalue weighted by Gasteiger charge is -2.14. The smallest absolute Gasteiger partial charge is 0.298 e. The molecular weight excluding hydrogens is 575 g/mol. The maximum absolute atomic E-state index is 13.0. The molecule has 0 aromatic heterocycles. The number of nitrogens with one attached hydrogen (secondary N) is 1. The number of carbonyl (C=O) groups excluding carboxylic acids is 3. The average Bonchev–Trinajstić information content (AvgIpc) is 3.12. The van der Waals surface area contributed by atoms with E-state index in [0.29, 0.717) is 32.2 Å². The van der Waals surface area contributed by atoms with Gasteiger partial charge in [-0.2, -0.15) is 0 Å². The SMILES string of the molecule is COc1cc(/C=C2/SC(=O)N(c3ccc(Cl)cc3)C2=O)cc(Br)c1OCC(=O)Nc1ccc(F)cc1. The molecule has 1 aliphatic rings. The van der Waals surface area contributed by atoms with E-state index in [4.69, 9.17) is 21.1 Å². The van der Waals surface area contributed by atoms with Gasteiger partial charge in [-0.15, -0.1) is 0 Å². The molecule has 0 radical (unpaired) electrons. The zero-order chi connectivity index (χ0) is 25.8. The van der Waals surface area contributed by atoms with E-state index in [9.17, 15) is 18.8 Å². The first-order chi connectivity index (χ1) is 17.2. The third-order valence-electron chi connectivity index (χ3n) is 4.90. The van der Waals surface area contributed by atoms with E-state index in [0.717, 1.165) is 16.7 Å². The topological polar surface area (TPSA) is 84.9 Å². The van der Waals surface area contributed by atoms with Crippen molar-refractivity contribution in [1.29, 1.82) is 0 Å². The fourth-order valence-corrected chi connectivity index (χ4v) is 4.80. The molecule has 0 atom stereocenters. The van der Waals surface area contributed by atoms with Crippen molar-refractivity contribution in [2.75, 3.05) is 23.9 Å². The van der Waals surface area contributed by atoms with Gasteiger partial charge >= 0.3 is 0 Å². The van der Waals surface area contributed by atoms with Crippen LogP contribution in [0.1, 0.15) is 5.56 Å². The monoisotopic (exact) mass is 590 g/mol. The van der Waals surface area contributed by atoms with Crippen LogP contribution in [-0.4, -0.2) is 30.8 Å². The molecular formula is C25H17BrClFN2O5S. The number of hydrogen-bond donors (Lipinski definition) is 1. The molecule has 4 rings (SSSR count). The number of hydrogen-bond acceptors (Lipinski definition) is 6. The first-order valence-corrected chi connectivity index (χ1v) is 12.3. The van der Waals surface area contributed by atoms with Crippen molar-refractivity contribution in [3.05, 3.63) is 86.4 Å². The van der Waals surface area contributed by atoms with Gasteiger partial charge in [0.1, 0.15) is 5.82 Å². The molecule has 3 amide bonds. The number of imide groups is 1. The normalized spacial score (nSPS) is 14.3. The Labute approximate surface area is 223 Å². The lowest BCUT2D eigenvalue weighted by Crippen LogP contribution is -2.27. The molecule has 3 aromatic rings. The Kier molecular flexibility index (Phi) is 7.97. The van der Waals surface area contributed by atoms with Gasteiger partial charge < -0.3 is 14.8 Å². The Morgan fingerprint density at radius 2 is 1.83 bits per heavy atom. The molecule has 7 nitrogen and oxygen atoms in total. The van der Waals surface area contributed by atoms with Crippen molar-refractivity contribution >= 4 is 73.8 Å². The van der Waals surface area contributed by atoms with Crippen molar-refractivity contribution < 1.29 is 28.2 Å². The maximum Gasteiger partial charge on any atom is 0.298 e. The quantitative estimate of drug-likeness (QED) is 0.316. The minimum atomic E-state index is -0.458. The summed E-state index contributed by atoms with van der Waals surface area (Å²) in [5.74, 6) is -0.733. The number of thioether (sulfide) groups is 1. The molecule has 184 valence electrons. The van der Waals surface area contributed by atoms with Gasteiger partial charge in [0.05, 0.1) is 22.2 Å². The molecule has 1 saturated heterocycles. The summed E-state index contributed by atoms with van der Waals surface area (Å²) in [7, 11) is 1.44. The Hall–Kier alpha value is -3.34. The minimum Gasteiger partial charge on any atom is -0.493 e. The first kappa shape index (κ1) is 25.7. The second-order valence-electron chi connectivity index (χ2n) is 7.37. The third kappa shape index (κ3) is 5.89. The van der Waals surface area contributed by atoms with Crippen molar-refractivity contribution in [2.24, 2.45) is 0 Å². The van der Waals surface area contributed by atoms with Gasteiger partial charge in [0.25, 0.3) is 17.1 Å². The molecule has 0 spiro atoms. The maximum atomic E-state index is 13.0. The summed E-state index contributed by atoms with van der Waals surface area (Å²) >= 11 is 10.1. The number of nitrogens with zero attached hydrogens (tertiary/aromatic N) is 1. The van der Waals surface area contributed by atoms with Crippen molar-refractivity contribution in [3.63, 3.8) is 0 Å². The summed E-state index contributed by atoms with van der Waals surface area (Å²) < 4.78 is 24.5. The highest BCUT2D eigenvalue weighted by Gasteiger charge is 2.36. The summed E-state index contributed by atoms with van der Waals surface area (Å²) in [6.45, 7) is -0.328. The van der Waals surface area contributed by atoms with Crippen LogP contribution in [-0.2, 0) is 9.59 Å². The summed E-state index contributed by atoms with van der Waals surface area (Å²) in [4.78, 5) is 38.9. The van der Waals surface area contributed by atoms with Crippen LogP contribution in [0.25, 0.3) is 6.08 Å². The third-order valence-corrected chi connectivity index (χ3v) is 6.61. The van der Waals surface area contributed by atoms with Crippen LogP contribution in [0.2, 0.25) is 5.02 Å². The molecule has 0 aliphatic carbocycles. The summed E-state index contributed by atoms with van der Waals surface area (Å²) in [6.07, 6.45) is 1.57. The number of amides is 3. The minimum absolute atomic E-state index is 0.233. The van der Waals surface area contributed by atoms with Crippen LogP contribution in [0.4, 0.5) is 20.6 Å². The zero-order valence-corrected chi connectivity index (χ0v) is 21.7. The average molecular weight is 592 g/mol. The van der Waals surface area contributed by atoms with E-state index >= 15 is 0 Å². The number of ether oxygens (including phenoxy) is 2. The van der Waals surface area contributed by atoms with E-state index < -0.39 is 22.9 Å². The standard InChI is InChI=1S/C25H17BrClFN2O5S/c1-34-20-11-14(12-21-24(32)30(25(33)36-21)18-8-2-15(27)3-9-18)10-19(26)23(20)35-13-22(31)29-17-6-4-16(28)5-7-17/h2-12H,13H2,1H3,(H,29,31)/b21-12+. The largest absolute Gasteiger partial charge is 0.493 e. The van der Waals surface area contributed by atoms with Gasteiger partial charge in [-0.3, -0.25) is 14.4 Å². The van der Waals surface area contributed by atoms with Crippen LogP contribution in [0.3, 0.4) is 0 Å². The van der Waals surface area contributed by atoms with E-state index in [1.807, 2.05) is 0 Å². The molecule has 1 fully saturated rings. The number of benzene rings is 3. The molecule has 0 bridgehead atoms. The first-order valence-electron chi connectivity index (χ1n) is 10.3. The predicted molar refractivity (Wildman–Crippen MR) is 141 cm³/mol. The van der Waals surface area contributed by atoms with Gasteiger partial charge in [0, 0.05) is 10.7 Å². The molecule has 36 heavy (non-hydrogen) atoms. The van der Waals surface area contributed by atoms with E-state index in [-0.39, 0.29) is 17.3 Å². The molecule has 0 unspecified atom stereocenters. The predicted octanol–water partition coefficient (Wildman–Crippen LogP) is 6.51. The van der Waals surface area contributed by atoms with Crippen LogP contribution in [0, 0.1) is 5.82 Å². The number of rotatable bonds is 7. The fourth-order valence-electron chi connectivity index (χ4n) is 3.26. The summed E-state index contributed by atoms with van der Waals surface area (Å²) in [5.41, 5.74) is 1.43. The van der Waals surface area contributed by atoms with Gasteiger partial charge in [0.2, 0.25) is 0 Å². The number of methoxy groups -OCH3 is 1. The molecule has 11 heteroatoms. The van der Waals surface area contributed by atoms with Gasteiger partial charge in [-0.05, 0) is 100.0 Å². The van der Waals surface area contributed by atoms with Crippen molar-refractivity contribution in [1.82, 2.24) is 0 Å². The second-order valence-corrected chi connectivity index (χ2v) is 9.66.